The second-order valence-electron chi connectivity index (χ2n) is 4.20. The molecule has 2 aliphatic rings. The number of carbonyl (C=O) groups excluding carboxylic acids is 2. The molecule has 0 aromatic carbocycles. The molecule has 1 unspecified atom stereocenters. The van der Waals surface area contributed by atoms with Gasteiger partial charge >= 0.3 is 11.9 Å². The highest BCUT2D eigenvalue weighted by Gasteiger charge is 2.41. The van der Waals surface area contributed by atoms with E-state index in [0.29, 0.717) is 19.4 Å². The summed E-state index contributed by atoms with van der Waals surface area (Å²) in [5.41, 5.74) is -0.846. The molecule has 1 atom stereocenters. The molecular formula is C10H14O6. The largest absolute Gasteiger partial charge is 0.462 e. The van der Waals surface area contributed by atoms with Gasteiger partial charge in [0.05, 0.1) is 12.2 Å². The van der Waals surface area contributed by atoms with Gasteiger partial charge in [0.25, 0.3) is 0 Å². The van der Waals surface area contributed by atoms with Gasteiger partial charge in [-0.25, -0.2) is 0 Å². The molecule has 2 rings (SSSR count). The number of rotatable bonds is 6. The van der Waals surface area contributed by atoms with Crippen LogP contribution < -0.4 is 0 Å². The summed E-state index contributed by atoms with van der Waals surface area (Å²) in [4.78, 5) is 22.2. The summed E-state index contributed by atoms with van der Waals surface area (Å²) in [6, 6.07) is 0. The molecule has 0 aromatic heterocycles. The molecule has 6 heteroatoms. The Hall–Kier alpha value is -1.14. The first-order valence-electron chi connectivity index (χ1n) is 5.23. The van der Waals surface area contributed by atoms with Gasteiger partial charge in [-0.2, -0.15) is 0 Å². The molecule has 0 amide bonds. The molecule has 1 saturated carbocycles. The lowest BCUT2D eigenvalue weighted by atomic mass is 10.4. The van der Waals surface area contributed by atoms with Crippen LogP contribution in [0.2, 0.25) is 0 Å². The summed E-state index contributed by atoms with van der Waals surface area (Å²) in [6.45, 7) is 0.756. The van der Waals surface area contributed by atoms with E-state index < -0.39 is 24.0 Å². The van der Waals surface area contributed by atoms with Gasteiger partial charge in [-0.1, -0.05) is 0 Å². The van der Waals surface area contributed by atoms with Crippen molar-refractivity contribution >= 4 is 11.9 Å². The smallest absolute Gasteiger partial charge is 0.317 e. The predicted octanol–water partition coefficient (Wildman–Crippen LogP) is -0.613. The summed E-state index contributed by atoms with van der Waals surface area (Å²) in [7, 11) is 0. The van der Waals surface area contributed by atoms with Gasteiger partial charge in [-0.15, -0.1) is 0 Å². The molecule has 1 saturated heterocycles. The van der Waals surface area contributed by atoms with E-state index in [9.17, 15) is 14.7 Å². The minimum absolute atomic E-state index is 0.00727. The van der Waals surface area contributed by atoms with E-state index in [4.69, 9.17) is 14.2 Å². The third kappa shape index (κ3) is 3.79. The second-order valence-corrected chi connectivity index (χ2v) is 4.20. The van der Waals surface area contributed by atoms with Crippen LogP contribution >= 0.6 is 0 Å². The summed E-state index contributed by atoms with van der Waals surface area (Å²) in [5, 5.41) is 9.39. The molecule has 1 aliphatic heterocycles. The lowest BCUT2D eigenvalue weighted by Crippen LogP contribution is -2.22. The molecule has 0 radical (unpaired) electrons. The minimum atomic E-state index is -0.846. The van der Waals surface area contributed by atoms with Crippen LogP contribution in [-0.2, 0) is 23.8 Å². The van der Waals surface area contributed by atoms with Gasteiger partial charge in [0.1, 0.15) is 25.7 Å². The van der Waals surface area contributed by atoms with Crippen LogP contribution in [0, 0.1) is 0 Å². The number of epoxide rings is 1. The highest BCUT2D eigenvalue weighted by molar-refractivity contribution is 5.91. The maximum absolute atomic E-state index is 11.1. The Bertz CT molecular complexity index is 292. The molecule has 1 N–H and O–H groups in total. The van der Waals surface area contributed by atoms with E-state index in [1.807, 2.05) is 0 Å². The minimum Gasteiger partial charge on any atom is -0.462 e. The number of ether oxygens (including phenoxy) is 3. The van der Waals surface area contributed by atoms with Crippen molar-refractivity contribution in [2.45, 2.75) is 31.0 Å². The normalized spacial score (nSPS) is 24.7. The molecule has 0 spiro atoms. The van der Waals surface area contributed by atoms with Crippen molar-refractivity contribution in [3.05, 3.63) is 0 Å². The standard InChI is InChI=1S/C10H14O6/c11-8(15-5-7-4-14-7)3-9(12)16-6-10(13)1-2-10/h7,13H,1-6H2. The van der Waals surface area contributed by atoms with E-state index in [2.05, 4.69) is 0 Å². The van der Waals surface area contributed by atoms with Crippen molar-refractivity contribution in [2.75, 3.05) is 19.8 Å². The molecule has 90 valence electrons. The number of hydrogen-bond acceptors (Lipinski definition) is 6. The molecule has 0 aromatic rings. The first-order chi connectivity index (χ1) is 7.57. The van der Waals surface area contributed by atoms with Crippen LogP contribution in [0.5, 0.6) is 0 Å². The zero-order chi connectivity index (χ0) is 11.6. The monoisotopic (exact) mass is 230 g/mol. The van der Waals surface area contributed by atoms with Gasteiger partial charge in [-0.3, -0.25) is 9.59 Å². The fraction of sp³-hybridized carbons (Fsp3) is 0.800. The molecule has 16 heavy (non-hydrogen) atoms. The van der Waals surface area contributed by atoms with Gasteiger partial charge in [0, 0.05) is 0 Å². The number of aliphatic hydroxyl groups is 1. The fourth-order valence-electron chi connectivity index (χ4n) is 1.07. The lowest BCUT2D eigenvalue weighted by Gasteiger charge is -2.08. The third-order valence-electron chi connectivity index (χ3n) is 2.45. The van der Waals surface area contributed by atoms with E-state index >= 15 is 0 Å². The van der Waals surface area contributed by atoms with Crippen LogP contribution in [0.3, 0.4) is 0 Å². The summed E-state index contributed by atoms with van der Waals surface area (Å²) < 4.78 is 14.3. The molecular weight excluding hydrogens is 216 g/mol. The Morgan fingerprint density at radius 2 is 1.94 bits per heavy atom. The van der Waals surface area contributed by atoms with Crippen LogP contribution in [0.1, 0.15) is 19.3 Å². The number of esters is 2. The maximum atomic E-state index is 11.1. The quantitative estimate of drug-likeness (QED) is 0.372. The van der Waals surface area contributed by atoms with Gasteiger partial charge in [0.15, 0.2) is 0 Å². The number of hydrogen-bond donors (Lipinski definition) is 1. The summed E-state index contributed by atoms with van der Waals surface area (Å²) in [6.07, 6.45) is 0.864. The third-order valence-corrected chi connectivity index (χ3v) is 2.45. The van der Waals surface area contributed by atoms with Crippen molar-refractivity contribution in [1.82, 2.24) is 0 Å². The predicted molar refractivity (Wildman–Crippen MR) is 50.5 cm³/mol. The van der Waals surface area contributed by atoms with E-state index in [0.717, 1.165) is 0 Å². The lowest BCUT2D eigenvalue weighted by molar-refractivity contribution is -0.157. The van der Waals surface area contributed by atoms with E-state index in [1.165, 1.54) is 0 Å². The second kappa shape index (κ2) is 4.39. The van der Waals surface area contributed by atoms with Gasteiger partial charge in [-0.05, 0) is 12.8 Å². The molecule has 0 bridgehead atoms. The van der Waals surface area contributed by atoms with Crippen LogP contribution in [0.15, 0.2) is 0 Å². The Labute approximate surface area is 92.5 Å². The first-order valence-corrected chi connectivity index (χ1v) is 5.23. The first kappa shape index (κ1) is 11.3. The Morgan fingerprint density at radius 3 is 2.50 bits per heavy atom. The van der Waals surface area contributed by atoms with Crippen molar-refractivity contribution < 1.29 is 28.9 Å². The zero-order valence-electron chi connectivity index (χ0n) is 8.81. The summed E-state index contributed by atoms with van der Waals surface area (Å²) >= 11 is 0. The average Bonchev–Trinajstić information content (AvgIpc) is 3.10. The number of carbonyl (C=O) groups is 2. The average molecular weight is 230 g/mol. The topological polar surface area (TPSA) is 85.4 Å². The van der Waals surface area contributed by atoms with Crippen molar-refractivity contribution in [3.8, 4) is 0 Å². The Morgan fingerprint density at radius 1 is 1.31 bits per heavy atom. The maximum Gasteiger partial charge on any atom is 0.317 e. The Balaban J connectivity index is 1.56. The van der Waals surface area contributed by atoms with Crippen LogP contribution in [0.4, 0.5) is 0 Å². The molecule has 1 aliphatic carbocycles. The SMILES string of the molecule is O=C(CC(=O)OCC1(O)CC1)OCC1CO1. The van der Waals surface area contributed by atoms with Gasteiger partial charge in [0.2, 0.25) is 0 Å². The van der Waals surface area contributed by atoms with Crippen LogP contribution in [-0.4, -0.2) is 48.6 Å². The highest BCUT2D eigenvalue weighted by Crippen LogP contribution is 2.35. The van der Waals surface area contributed by atoms with Crippen molar-refractivity contribution in [2.24, 2.45) is 0 Å². The molecule has 6 nitrogen and oxygen atoms in total. The summed E-state index contributed by atoms with van der Waals surface area (Å²) in [5.74, 6) is -1.29. The van der Waals surface area contributed by atoms with Crippen molar-refractivity contribution in [3.63, 3.8) is 0 Å². The highest BCUT2D eigenvalue weighted by atomic mass is 16.6. The van der Waals surface area contributed by atoms with Crippen LogP contribution in [0.25, 0.3) is 0 Å². The van der Waals surface area contributed by atoms with E-state index in [1.54, 1.807) is 0 Å². The van der Waals surface area contributed by atoms with Gasteiger partial charge < -0.3 is 19.3 Å². The molecule has 2 fully saturated rings. The fourth-order valence-corrected chi connectivity index (χ4v) is 1.07. The zero-order valence-corrected chi connectivity index (χ0v) is 8.81. The van der Waals surface area contributed by atoms with Crippen molar-refractivity contribution in [1.29, 1.82) is 0 Å². The molecule has 1 heterocycles. The Kier molecular flexibility index (Phi) is 3.11. The van der Waals surface area contributed by atoms with E-state index in [-0.39, 0.29) is 19.3 Å².